The molecule has 1 saturated heterocycles. The summed E-state index contributed by atoms with van der Waals surface area (Å²) in [6.07, 6.45) is 3.11. The molecule has 3 N–H and O–H groups in total. The minimum Gasteiger partial charge on any atom is -0.508 e. The quantitative estimate of drug-likeness (QED) is 0.508. The predicted octanol–water partition coefficient (Wildman–Crippen LogP) is 5.45. The number of carbonyl (C=O) groups is 2. The Bertz CT molecular complexity index is 657. The van der Waals surface area contributed by atoms with E-state index in [1.165, 1.54) is 11.9 Å². The van der Waals surface area contributed by atoms with Gasteiger partial charge in [-0.05, 0) is 61.4 Å². The number of phenols is 1. The summed E-state index contributed by atoms with van der Waals surface area (Å²) in [5.41, 5.74) is 0. The zero-order chi connectivity index (χ0) is 24.7. The summed E-state index contributed by atoms with van der Waals surface area (Å²) in [5, 5.41) is 22.0. The zero-order valence-electron chi connectivity index (χ0n) is 20.8. The summed E-state index contributed by atoms with van der Waals surface area (Å²) in [6.45, 7) is 15.3. The van der Waals surface area contributed by atoms with Crippen LogP contribution in [0.3, 0.4) is 0 Å². The average Bonchev–Trinajstić information content (AvgIpc) is 3.23. The predicted molar refractivity (Wildman–Crippen MR) is 133 cm³/mol. The van der Waals surface area contributed by atoms with Crippen LogP contribution in [0.4, 0.5) is 4.79 Å². The lowest BCUT2D eigenvalue weighted by atomic mass is 10.1. The van der Waals surface area contributed by atoms with E-state index < -0.39 is 12.0 Å². The van der Waals surface area contributed by atoms with E-state index in [0.717, 1.165) is 24.2 Å². The molecule has 1 aromatic rings. The fraction of sp³-hybridized carbons (Fsp3) is 0.667. The van der Waals surface area contributed by atoms with Crippen LogP contribution in [0, 0.1) is 5.92 Å². The highest BCUT2D eigenvalue weighted by molar-refractivity contribution is 7.97. The fourth-order valence-electron chi connectivity index (χ4n) is 3.51. The number of phenolic OH excluding ortho intramolecular Hbond substituents is 1. The Kier molecular flexibility index (Phi) is 15.7. The van der Waals surface area contributed by atoms with Crippen LogP contribution in [-0.2, 0) is 4.79 Å². The summed E-state index contributed by atoms with van der Waals surface area (Å²) >= 11 is 1.34. The van der Waals surface area contributed by atoms with Gasteiger partial charge in [0.1, 0.15) is 11.8 Å². The molecule has 184 valence electrons. The second-order valence-corrected chi connectivity index (χ2v) is 8.21. The van der Waals surface area contributed by atoms with Gasteiger partial charge in [0, 0.05) is 30.6 Å². The Balaban J connectivity index is 0.00000148. The van der Waals surface area contributed by atoms with Gasteiger partial charge in [-0.25, -0.2) is 9.10 Å². The van der Waals surface area contributed by atoms with Crippen molar-refractivity contribution in [1.29, 1.82) is 0 Å². The number of hydrogen-bond donors (Lipinski definition) is 3. The maximum atomic E-state index is 12.5. The molecule has 3 atom stereocenters. The van der Waals surface area contributed by atoms with Crippen molar-refractivity contribution in [1.82, 2.24) is 14.5 Å². The third-order valence-electron chi connectivity index (χ3n) is 4.99. The van der Waals surface area contributed by atoms with Gasteiger partial charge in [-0.1, -0.05) is 48.5 Å². The number of carboxylic acid groups (broad SMARTS) is 1. The second kappa shape index (κ2) is 16.7. The van der Waals surface area contributed by atoms with E-state index in [-0.39, 0.29) is 24.4 Å². The Hall–Kier alpha value is -1.93. The van der Waals surface area contributed by atoms with Crippen molar-refractivity contribution in [2.75, 3.05) is 19.6 Å². The molecule has 32 heavy (non-hydrogen) atoms. The molecular formula is C24H43N3O4S. The summed E-state index contributed by atoms with van der Waals surface area (Å²) in [6, 6.07) is 5.92. The number of piperazine rings is 1. The molecule has 3 unspecified atom stereocenters. The maximum Gasteiger partial charge on any atom is 0.323 e. The summed E-state index contributed by atoms with van der Waals surface area (Å²) in [7, 11) is 0. The number of carbonyl (C=O) groups excluding carboxylic acids is 1. The number of carboxylic acids is 1. The van der Waals surface area contributed by atoms with Crippen LogP contribution in [0.5, 0.6) is 5.75 Å². The second-order valence-electron chi connectivity index (χ2n) is 7.09. The van der Waals surface area contributed by atoms with Crippen LogP contribution in [-0.4, -0.2) is 63.1 Å². The van der Waals surface area contributed by atoms with Crippen molar-refractivity contribution in [3.8, 4) is 5.75 Å². The number of aliphatic carboxylic acids is 1. The van der Waals surface area contributed by atoms with E-state index in [2.05, 4.69) is 12.2 Å². The minimum absolute atomic E-state index is 0.161. The first-order valence-corrected chi connectivity index (χ1v) is 12.7. The average molecular weight is 470 g/mol. The topological polar surface area (TPSA) is 93.1 Å². The monoisotopic (exact) mass is 469 g/mol. The van der Waals surface area contributed by atoms with Gasteiger partial charge in [-0.2, -0.15) is 0 Å². The van der Waals surface area contributed by atoms with Crippen LogP contribution < -0.4 is 5.32 Å². The van der Waals surface area contributed by atoms with Crippen LogP contribution in [0.25, 0.3) is 0 Å². The number of aromatic hydroxyl groups is 1. The number of rotatable bonds is 4. The first kappa shape index (κ1) is 30.1. The van der Waals surface area contributed by atoms with Crippen molar-refractivity contribution >= 4 is 23.9 Å². The third kappa shape index (κ3) is 9.69. The molecule has 0 radical (unpaired) electrons. The Morgan fingerprint density at radius 1 is 1.00 bits per heavy atom. The van der Waals surface area contributed by atoms with Gasteiger partial charge in [0.2, 0.25) is 0 Å². The molecule has 1 aromatic carbocycles. The molecule has 3 rings (SSSR count). The van der Waals surface area contributed by atoms with Crippen molar-refractivity contribution in [3.05, 3.63) is 24.3 Å². The van der Waals surface area contributed by atoms with E-state index in [4.69, 9.17) is 0 Å². The SMILES string of the molecule is CC.CC.CC.CC1CCC(NC(=O)N2CCN(Sc3ccc(O)cc3)C(C(=O)O)C2)C1. The normalized spacial score (nSPS) is 22.2. The Morgan fingerprint density at radius 2 is 1.59 bits per heavy atom. The summed E-state index contributed by atoms with van der Waals surface area (Å²) in [5.74, 6) is -0.138. The van der Waals surface area contributed by atoms with E-state index >= 15 is 0 Å². The first-order valence-electron chi connectivity index (χ1n) is 11.9. The lowest BCUT2D eigenvalue weighted by Gasteiger charge is -2.38. The maximum absolute atomic E-state index is 12.5. The lowest BCUT2D eigenvalue weighted by molar-refractivity contribution is -0.142. The highest BCUT2D eigenvalue weighted by Crippen LogP contribution is 2.29. The molecule has 2 fully saturated rings. The number of benzene rings is 1. The van der Waals surface area contributed by atoms with Crippen LogP contribution in [0.15, 0.2) is 29.2 Å². The number of amides is 2. The van der Waals surface area contributed by atoms with Crippen molar-refractivity contribution in [2.24, 2.45) is 5.92 Å². The molecule has 7 nitrogen and oxygen atoms in total. The number of nitrogens with one attached hydrogen (secondary N) is 1. The molecule has 8 heteroatoms. The molecule has 1 aliphatic heterocycles. The highest BCUT2D eigenvalue weighted by atomic mass is 32.2. The largest absolute Gasteiger partial charge is 0.508 e. The fourth-order valence-corrected chi connectivity index (χ4v) is 4.49. The number of nitrogens with zero attached hydrogens (tertiary/aromatic N) is 2. The molecule has 0 aromatic heterocycles. The minimum atomic E-state index is -0.941. The zero-order valence-corrected chi connectivity index (χ0v) is 21.6. The van der Waals surface area contributed by atoms with Crippen molar-refractivity contribution in [2.45, 2.75) is 84.7 Å². The molecule has 0 spiro atoms. The molecule has 0 bridgehead atoms. The smallest absolute Gasteiger partial charge is 0.323 e. The van der Waals surface area contributed by atoms with Gasteiger partial charge in [0.25, 0.3) is 0 Å². The van der Waals surface area contributed by atoms with Crippen LogP contribution >= 0.6 is 11.9 Å². The van der Waals surface area contributed by atoms with Crippen molar-refractivity contribution < 1.29 is 19.8 Å². The summed E-state index contributed by atoms with van der Waals surface area (Å²) in [4.78, 5) is 26.7. The van der Waals surface area contributed by atoms with E-state index in [9.17, 15) is 19.8 Å². The highest BCUT2D eigenvalue weighted by Gasteiger charge is 2.36. The molecule has 1 aliphatic carbocycles. The molecule has 1 heterocycles. The third-order valence-corrected chi connectivity index (χ3v) is 6.14. The molecular weight excluding hydrogens is 426 g/mol. The van der Waals surface area contributed by atoms with Gasteiger partial charge in [-0.15, -0.1) is 0 Å². The Labute approximate surface area is 198 Å². The first-order chi connectivity index (χ1) is 15.4. The lowest BCUT2D eigenvalue weighted by Crippen LogP contribution is -2.58. The van der Waals surface area contributed by atoms with E-state index in [1.807, 2.05) is 41.5 Å². The van der Waals surface area contributed by atoms with Crippen LogP contribution in [0.1, 0.15) is 67.7 Å². The standard InChI is InChI=1S/C18H25N3O4S.3C2H6/c1-12-2-3-13(10-12)19-18(25)20-8-9-21(16(11-20)17(23)24)26-15-6-4-14(22)5-7-15;3*1-2/h4-7,12-13,16,22H,2-3,8-11H2,1H3,(H,19,25)(H,23,24);3*1-2H3. The Morgan fingerprint density at radius 3 is 2.09 bits per heavy atom. The van der Waals surface area contributed by atoms with Crippen molar-refractivity contribution in [3.63, 3.8) is 0 Å². The van der Waals surface area contributed by atoms with Crippen LogP contribution in [0.2, 0.25) is 0 Å². The van der Waals surface area contributed by atoms with E-state index in [1.54, 1.807) is 33.5 Å². The van der Waals surface area contributed by atoms with Gasteiger partial charge in [-0.3, -0.25) is 4.79 Å². The van der Waals surface area contributed by atoms with Gasteiger partial charge >= 0.3 is 12.0 Å². The van der Waals surface area contributed by atoms with Gasteiger partial charge < -0.3 is 20.4 Å². The van der Waals surface area contributed by atoms with E-state index in [0.29, 0.717) is 19.0 Å². The summed E-state index contributed by atoms with van der Waals surface area (Å²) < 4.78 is 1.79. The molecule has 2 amide bonds. The number of hydrogen-bond acceptors (Lipinski definition) is 5. The molecule has 1 saturated carbocycles. The molecule has 2 aliphatic rings. The van der Waals surface area contributed by atoms with Gasteiger partial charge in [0.15, 0.2) is 0 Å². The number of urea groups is 1. The van der Waals surface area contributed by atoms with Gasteiger partial charge in [0.05, 0.1) is 0 Å².